The highest BCUT2D eigenvalue weighted by molar-refractivity contribution is 9.10. The van der Waals surface area contributed by atoms with Crippen LogP contribution in [0.3, 0.4) is 0 Å². The van der Waals surface area contributed by atoms with Gasteiger partial charge in [0.25, 0.3) is 0 Å². The molecule has 0 N–H and O–H groups in total. The Morgan fingerprint density at radius 1 is 1.70 bits per heavy atom. The first-order valence-electron chi connectivity index (χ1n) is 3.45. The first-order chi connectivity index (χ1) is 4.79. The van der Waals surface area contributed by atoms with E-state index in [9.17, 15) is 0 Å². The van der Waals surface area contributed by atoms with E-state index in [1.165, 1.54) is 18.5 Å². The quantitative estimate of drug-likeness (QED) is 0.679. The zero-order chi connectivity index (χ0) is 7.14. The molecule has 0 radical (unpaired) electrons. The summed E-state index contributed by atoms with van der Waals surface area (Å²) in [7, 11) is 2.05. The fourth-order valence-electron chi connectivity index (χ4n) is 1.22. The number of hydrogen-bond donors (Lipinski definition) is 0. The van der Waals surface area contributed by atoms with Crippen molar-refractivity contribution in [3.8, 4) is 0 Å². The van der Waals surface area contributed by atoms with Crippen LogP contribution in [0.2, 0.25) is 0 Å². The van der Waals surface area contributed by atoms with E-state index in [0.29, 0.717) is 0 Å². The van der Waals surface area contributed by atoms with Crippen LogP contribution in [0.5, 0.6) is 0 Å². The van der Waals surface area contributed by atoms with Gasteiger partial charge in [0, 0.05) is 13.0 Å². The molecule has 1 aromatic heterocycles. The van der Waals surface area contributed by atoms with Crippen molar-refractivity contribution < 1.29 is 0 Å². The molecule has 0 aromatic carbocycles. The lowest BCUT2D eigenvalue weighted by Gasteiger charge is -1.97. The minimum absolute atomic E-state index is 0.780. The van der Waals surface area contributed by atoms with Gasteiger partial charge in [0.15, 0.2) is 0 Å². The van der Waals surface area contributed by atoms with Gasteiger partial charge in [-0.2, -0.15) is 0 Å². The van der Waals surface area contributed by atoms with Gasteiger partial charge < -0.3 is 4.57 Å². The van der Waals surface area contributed by atoms with E-state index in [-0.39, 0.29) is 0 Å². The second kappa shape index (κ2) is 2.09. The average molecular weight is 201 g/mol. The van der Waals surface area contributed by atoms with E-state index >= 15 is 0 Å². The van der Waals surface area contributed by atoms with Crippen LogP contribution in [0.1, 0.15) is 24.5 Å². The molecule has 0 aliphatic heterocycles. The van der Waals surface area contributed by atoms with Crippen LogP contribution < -0.4 is 0 Å². The zero-order valence-corrected chi connectivity index (χ0v) is 7.43. The van der Waals surface area contributed by atoms with Gasteiger partial charge in [-0.15, -0.1) is 0 Å². The second-order valence-electron chi connectivity index (χ2n) is 2.81. The Hall–Kier alpha value is -0.310. The smallest absolute Gasteiger partial charge is 0.127 e. The Balaban J connectivity index is 2.44. The monoisotopic (exact) mass is 200 g/mol. The summed E-state index contributed by atoms with van der Waals surface area (Å²) in [5, 5.41) is 0. The van der Waals surface area contributed by atoms with Crippen molar-refractivity contribution in [3.63, 3.8) is 0 Å². The highest BCUT2D eigenvalue weighted by Gasteiger charge is 2.28. The molecule has 2 nitrogen and oxygen atoms in total. The van der Waals surface area contributed by atoms with Gasteiger partial charge in [-0.25, -0.2) is 4.98 Å². The third kappa shape index (κ3) is 0.888. The van der Waals surface area contributed by atoms with Crippen LogP contribution in [0, 0.1) is 0 Å². The molecule has 1 heterocycles. The number of hydrogen-bond acceptors (Lipinski definition) is 1. The van der Waals surface area contributed by atoms with Crippen molar-refractivity contribution in [2.24, 2.45) is 7.05 Å². The van der Waals surface area contributed by atoms with Crippen molar-refractivity contribution >= 4 is 15.9 Å². The molecular weight excluding hydrogens is 192 g/mol. The molecule has 1 aliphatic rings. The molecule has 3 heteroatoms. The number of rotatable bonds is 1. The maximum atomic E-state index is 4.16. The lowest BCUT2D eigenvalue weighted by Crippen LogP contribution is -1.91. The summed E-state index contributed by atoms with van der Waals surface area (Å²) >= 11 is 3.43. The fraction of sp³-hybridized carbons (Fsp3) is 0.571. The summed E-state index contributed by atoms with van der Waals surface area (Å²) in [4.78, 5) is 4.16. The normalized spacial score (nSPS) is 17.8. The first kappa shape index (κ1) is 6.40. The summed E-state index contributed by atoms with van der Waals surface area (Å²) in [5.74, 6) is 0.780. The first-order valence-corrected chi connectivity index (χ1v) is 4.25. The summed E-state index contributed by atoms with van der Waals surface area (Å²) in [5.41, 5.74) is 1.36. The topological polar surface area (TPSA) is 17.8 Å². The Labute approximate surface area is 68.4 Å². The highest BCUT2D eigenvalue weighted by atomic mass is 79.9. The van der Waals surface area contributed by atoms with E-state index in [4.69, 9.17) is 0 Å². The summed E-state index contributed by atoms with van der Waals surface area (Å²) < 4.78 is 3.12. The van der Waals surface area contributed by atoms with Crippen LogP contribution in [-0.2, 0) is 7.05 Å². The Kier molecular flexibility index (Phi) is 1.34. The lowest BCUT2D eigenvalue weighted by molar-refractivity contribution is 0.823. The van der Waals surface area contributed by atoms with Crippen molar-refractivity contribution in [2.45, 2.75) is 18.8 Å². The molecule has 1 aromatic rings. The molecule has 2 rings (SSSR count). The highest BCUT2D eigenvalue weighted by Crippen LogP contribution is 2.42. The Bertz CT molecular complexity index is 231. The van der Waals surface area contributed by atoms with Crippen molar-refractivity contribution in [2.75, 3.05) is 0 Å². The zero-order valence-electron chi connectivity index (χ0n) is 5.84. The third-order valence-corrected chi connectivity index (χ3v) is 2.51. The van der Waals surface area contributed by atoms with Gasteiger partial charge in [-0.1, -0.05) is 0 Å². The molecule has 0 bridgehead atoms. The molecule has 1 saturated carbocycles. The standard InChI is InChI=1S/C7H9BrN2/c1-10-4-9-7(8)6(10)5-2-3-5/h4-5H,2-3H2,1H3. The average Bonchev–Trinajstić information content (AvgIpc) is 2.64. The number of aryl methyl sites for hydroxylation is 1. The van der Waals surface area contributed by atoms with Crippen molar-refractivity contribution in [3.05, 3.63) is 16.6 Å². The largest absolute Gasteiger partial charge is 0.336 e. The van der Waals surface area contributed by atoms with Crippen LogP contribution in [0.4, 0.5) is 0 Å². The number of nitrogens with zero attached hydrogens (tertiary/aromatic N) is 2. The molecule has 0 saturated heterocycles. The van der Waals surface area contributed by atoms with Crippen LogP contribution in [0.25, 0.3) is 0 Å². The van der Waals surface area contributed by atoms with Crippen LogP contribution in [-0.4, -0.2) is 9.55 Å². The van der Waals surface area contributed by atoms with E-state index < -0.39 is 0 Å². The second-order valence-corrected chi connectivity index (χ2v) is 3.56. The molecule has 0 spiro atoms. The van der Waals surface area contributed by atoms with Gasteiger partial charge in [-0.3, -0.25) is 0 Å². The predicted octanol–water partition coefficient (Wildman–Crippen LogP) is 2.06. The molecule has 1 aliphatic carbocycles. The van der Waals surface area contributed by atoms with E-state index in [2.05, 4.69) is 25.5 Å². The number of halogens is 1. The molecule has 0 unspecified atom stereocenters. The van der Waals surface area contributed by atoms with E-state index in [0.717, 1.165) is 10.5 Å². The predicted molar refractivity (Wildman–Crippen MR) is 42.9 cm³/mol. The molecule has 1 fully saturated rings. The summed E-state index contributed by atoms with van der Waals surface area (Å²) in [6.45, 7) is 0. The molecule has 54 valence electrons. The van der Waals surface area contributed by atoms with Gasteiger partial charge in [-0.05, 0) is 28.8 Å². The summed E-state index contributed by atoms with van der Waals surface area (Å²) in [6.07, 6.45) is 4.52. The SMILES string of the molecule is Cn1cnc(Br)c1C1CC1. The van der Waals surface area contributed by atoms with Gasteiger partial charge >= 0.3 is 0 Å². The van der Waals surface area contributed by atoms with Crippen molar-refractivity contribution in [1.29, 1.82) is 0 Å². The van der Waals surface area contributed by atoms with Crippen molar-refractivity contribution in [1.82, 2.24) is 9.55 Å². The van der Waals surface area contributed by atoms with Crippen LogP contribution >= 0.6 is 15.9 Å². The lowest BCUT2D eigenvalue weighted by atomic mass is 10.3. The van der Waals surface area contributed by atoms with Gasteiger partial charge in [0.05, 0.1) is 12.0 Å². The van der Waals surface area contributed by atoms with Crippen LogP contribution in [0.15, 0.2) is 10.9 Å². The summed E-state index contributed by atoms with van der Waals surface area (Å²) in [6, 6.07) is 0. The minimum Gasteiger partial charge on any atom is -0.336 e. The minimum atomic E-state index is 0.780. The fourth-order valence-corrected chi connectivity index (χ4v) is 1.92. The van der Waals surface area contributed by atoms with E-state index in [1.807, 2.05) is 13.4 Å². The van der Waals surface area contributed by atoms with Gasteiger partial charge in [0.1, 0.15) is 4.60 Å². The Morgan fingerprint density at radius 3 is 2.80 bits per heavy atom. The maximum Gasteiger partial charge on any atom is 0.127 e. The van der Waals surface area contributed by atoms with E-state index in [1.54, 1.807) is 0 Å². The molecule has 10 heavy (non-hydrogen) atoms. The third-order valence-electron chi connectivity index (χ3n) is 1.90. The Morgan fingerprint density at radius 2 is 2.40 bits per heavy atom. The van der Waals surface area contributed by atoms with Gasteiger partial charge in [0.2, 0.25) is 0 Å². The number of imidazole rings is 1. The number of aromatic nitrogens is 2. The molecule has 0 amide bonds. The molecule has 0 atom stereocenters. The maximum absolute atomic E-state index is 4.16. The molecular formula is C7H9BrN2.